The summed E-state index contributed by atoms with van der Waals surface area (Å²) in [6.45, 7) is -0.324. The largest absolute Gasteiger partial charge is 0.354 e. The van der Waals surface area contributed by atoms with E-state index in [-0.39, 0.29) is 24.6 Å². The molecule has 8 heteroatoms. The number of alkyl halides is 2. The molecule has 0 bridgehead atoms. The molecule has 3 heterocycles. The third-order valence-electron chi connectivity index (χ3n) is 5.08. The lowest BCUT2D eigenvalue weighted by molar-refractivity contribution is 0.0256. The summed E-state index contributed by atoms with van der Waals surface area (Å²) in [6, 6.07) is 11.1. The van der Waals surface area contributed by atoms with Crippen molar-refractivity contribution in [2.75, 3.05) is 25.0 Å². The lowest BCUT2D eigenvalue weighted by Crippen LogP contribution is -2.26. The van der Waals surface area contributed by atoms with Crippen molar-refractivity contribution >= 4 is 11.7 Å². The first-order valence-corrected chi connectivity index (χ1v) is 9.45. The number of rotatable bonds is 4. The Morgan fingerprint density at radius 2 is 1.90 bits per heavy atom. The van der Waals surface area contributed by atoms with Gasteiger partial charge < -0.3 is 10.2 Å². The van der Waals surface area contributed by atoms with E-state index in [2.05, 4.69) is 15.3 Å². The van der Waals surface area contributed by atoms with Gasteiger partial charge in [-0.05, 0) is 23.8 Å². The smallest absolute Gasteiger partial charge is 0.269 e. The number of nitrogens with zero attached hydrogens (tertiary/aromatic N) is 3. The summed E-state index contributed by atoms with van der Waals surface area (Å²) < 4.78 is 42.4. The Balaban J connectivity index is 1.89. The number of carbonyl (C=O) groups is 1. The lowest BCUT2D eigenvalue weighted by atomic mass is 9.95. The van der Waals surface area contributed by atoms with Crippen molar-refractivity contribution in [3.63, 3.8) is 0 Å². The van der Waals surface area contributed by atoms with Gasteiger partial charge in [0.1, 0.15) is 17.3 Å². The Morgan fingerprint density at radius 1 is 1.10 bits per heavy atom. The minimum absolute atomic E-state index is 0.136. The molecule has 3 aromatic rings. The molecule has 2 aromatic heterocycles. The van der Waals surface area contributed by atoms with E-state index >= 15 is 0 Å². The Bertz CT molecular complexity index is 1090. The van der Waals surface area contributed by atoms with Gasteiger partial charge in [-0.25, -0.2) is 18.2 Å². The van der Waals surface area contributed by atoms with Crippen molar-refractivity contribution in [1.82, 2.24) is 15.3 Å². The number of pyridine rings is 2. The fourth-order valence-corrected chi connectivity index (χ4v) is 3.60. The summed E-state index contributed by atoms with van der Waals surface area (Å²) in [5.74, 6) is -3.25. The van der Waals surface area contributed by atoms with Crippen molar-refractivity contribution in [3.8, 4) is 22.3 Å². The second-order valence-electron chi connectivity index (χ2n) is 7.08. The van der Waals surface area contributed by atoms with Gasteiger partial charge >= 0.3 is 0 Å². The van der Waals surface area contributed by atoms with Crippen LogP contribution in [0.15, 0.2) is 54.9 Å². The molecule has 0 unspecified atom stereocenters. The molecule has 1 saturated heterocycles. The van der Waals surface area contributed by atoms with E-state index < -0.39 is 18.3 Å². The van der Waals surface area contributed by atoms with Gasteiger partial charge in [-0.1, -0.05) is 24.3 Å². The minimum atomic E-state index is -2.81. The normalized spacial score (nSPS) is 15.3. The summed E-state index contributed by atoms with van der Waals surface area (Å²) >= 11 is 0. The molecule has 1 fully saturated rings. The van der Waals surface area contributed by atoms with Gasteiger partial charge in [0, 0.05) is 49.1 Å². The first-order chi connectivity index (χ1) is 14.4. The maximum absolute atomic E-state index is 14.6. The molecule has 30 heavy (non-hydrogen) atoms. The number of hydrogen-bond acceptors (Lipinski definition) is 4. The molecule has 1 amide bonds. The number of amides is 1. The van der Waals surface area contributed by atoms with E-state index in [1.165, 1.54) is 36.5 Å². The number of benzene rings is 1. The second-order valence-corrected chi connectivity index (χ2v) is 7.08. The third-order valence-corrected chi connectivity index (χ3v) is 5.08. The van der Waals surface area contributed by atoms with Crippen LogP contribution in [0.3, 0.4) is 0 Å². The van der Waals surface area contributed by atoms with E-state index in [9.17, 15) is 18.0 Å². The average molecular weight is 412 g/mol. The number of hydrogen-bond donors (Lipinski definition) is 1. The monoisotopic (exact) mass is 412 g/mol. The Hall–Kier alpha value is -3.42. The van der Waals surface area contributed by atoms with Crippen LogP contribution in [0.5, 0.6) is 0 Å². The zero-order valence-electron chi connectivity index (χ0n) is 16.2. The van der Waals surface area contributed by atoms with Crippen LogP contribution in [0.4, 0.5) is 19.0 Å². The molecule has 154 valence electrons. The minimum Gasteiger partial charge on any atom is -0.354 e. The highest BCUT2D eigenvalue weighted by atomic mass is 19.3. The zero-order chi connectivity index (χ0) is 21.3. The highest BCUT2D eigenvalue weighted by Gasteiger charge is 2.39. The van der Waals surface area contributed by atoms with Gasteiger partial charge in [0.05, 0.1) is 6.54 Å². The number of nitrogens with one attached hydrogen (secondary N) is 1. The van der Waals surface area contributed by atoms with Gasteiger partial charge in [-0.3, -0.25) is 9.78 Å². The first kappa shape index (κ1) is 19.9. The predicted octanol–water partition coefficient (Wildman–Crippen LogP) is 4.15. The molecule has 4 rings (SSSR count). The summed E-state index contributed by atoms with van der Waals surface area (Å²) in [6.07, 6.45) is 2.69. The summed E-state index contributed by atoms with van der Waals surface area (Å²) in [7, 11) is 1.50. The van der Waals surface area contributed by atoms with E-state index in [0.29, 0.717) is 28.1 Å². The molecular weight excluding hydrogens is 393 g/mol. The molecule has 0 saturated carbocycles. The van der Waals surface area contributed by atoms with E-state index in [0.717, 1.165) is 0 Å². The fourth-order valence-electron chi connectivity index (χ4n) is 3.60. The molecule has 0 spiro atoms. The van der Waals surface area contributed by atoms with E-state index in [4.69, 9.17) is 0 Å². The van der Waals surface area contributed by atoms with Gasteiger partial charge in [0.25, 0.3) is 11.8 Å². The Labute approximate surface area is 171 Å². The van der Waals surface area contributed by atoms with Crippen molar-refractivity contribution in [1.29, 1.82) is 0 Å². The van der Waals surface area contributed by atoms with Crippen LogP contribution < -0.4 is 10.2 Å². The first-order valence-electron chi connectivity index (χ1n) is 9.45. The third kappa shape index (κ3) is 3.72. The maximum Gasteiger partial charge on any atom is 0.269 e. The van der Waals surface area contributed by atoms with Gasteiger partial charge in [-0.15, -0.1) is 0 Å². The predicted molar refractivity (Wildman–Crippen MR) is 108 cm³/mol. The van der Waals surface area contributed by atoms with E-state index in [1.54, 1.807) is 30.3 Å². The number of aromatic nitrogens is 2. The molecule has 0 atom stereocenters. The SMILES string of the molecule is CNC(=O)c1ccc(-c2c(-c3ccccc3F)ccnc2N2CCC(F)(F)C2)cn1. The molecule has 1 N–H and O–H groups in total. The van der Waals surface area contributed by atoms with Gasteiger partial charge in [-0.2, -0.15) is 0 Å². The molecule has 0 aliphatic carbocycles. The average Bonchev–Trinajstić information content (AvgIpc) is 3.12. The molecule has 0 radical (unpaired) electrons. The van der Waals surface area contributed by atoms with Crippen molar-refractivity contribution in [2.45, 2.75) is 12.3 Å². The maximum atomic E-state index is 14.6. The standard InChI is InChI=1S/C22H19F3N4O/c1-26-21(30)18-7-6-14(12-28-18)19-16(15-4-2-3-5-17(15)23)8-10-27-20(19)29-11-9-22(24,25)13-29/h2-8,10,12H,9,11,13H2,1H3,(H,26,30). The fraction of sp³-hybridized carbons (Fsp3) is 0.227. The van der Waals surface area contributed by atoms with Gasteiger partial charge in [0.15, 0.2) is 0 Å². The number of halogens is 3. The molecule has 1 aromatic carbocycles. The number of carbonyl (C=O) groups excluding carboxylic acids is 1. The molecule has 5 nitrogen and oxygen atoms in total. The van der Waals surface area contributed by atoms with Crippen LogP contribution >= 0.6 is 0 Å². The molecule has 1 aliphatic rings. The van der Waals surface area contributed by atoms with Crippen LogP contribution in [-0.2, 0) is 0 Å². The van der Waals surface area contributed by atoms with Crippen LogP contribution in [0, 0.1) is 5.82 Å². The van der Waals surface area contributed by atoms with Crippen LogP contribution in [-0.4, -0.2) is 41.9 Å². The Morgan fingerprint density at radius 3 is 2.53 bits per heavy atom. The van der Waals surface area contributed by atoms with Crippen LogP contribution in [0.1, 0.15) is 16.9 Å². The summed E-state index contributed by atoms with van der Waals surface area (Å²) in [5, 5.41) is 2.50. The second kappa shape index (κ2) is 7.78. The topological polar surface area (TPSA) is 58.1 Å². The van der Waals surface area contributed by atoms with Crippen LogP contribution in [0.25, 0.3) is 22.3 Å². The van der Waals surface area contributed by atoms with E-state index in [1.807, 2.05) is 0 Å². The Kier molecular flexibility index (Phi) is 5.15. The summed E-state index contributed by atoms with van der Waals surface area (Å²) in [4.78, 5) is 21.9. The van der Waals surface area contributed by atoms with Crippen molar-refractivity contribution in [2.24, 2.45) is 0 Å². The molecular formula is C22H19F3N4O. The highest BCUT2D eigenvalue weighted by Crippen LogP contribution is 2.41. The van der Waals surface area contributed by atoms with Crippen molar-refractivity contribution < 1.29 is 18.0 Å². The summed E-state index contributed by atoms with van der Waals surface area (Å²) in [5.41, 5.74) is 2.11. The van der Waals surface area contributed by atoms with Gasteiger partial charge in [0.2, 0.25) is 0 Å². The lowest BCUT2D eigenvalue weighted by Gasteiger charge is -2.23. The number of anilines is 1. The zero-order valence-corrected chi connectivity index (χ0v) is 16.2. The highest BCUT2D eigenvalue weighted by molar-refractivity contribution is 5.94. The van der Waals surface area contributed by atoms with Crippen LogP contribution in [0.2, 0.25) is 0 Å². The quantitative estimate of drug-likeness (QED) is 0.699. The molecule has 1 aliphatic heterocycles. The van der Waals surface area contributed by atoms with Crippen molar-refractivity contribution in [3.05, 3.63) is 66.4 Å².